The van der Waals surface area contributed by atoms with Gasteiger partial charge in [0.05, 0.1) is 16.7 Å². The number of non-ortho nitro benzene ring substituents is 1. The summed E-state index contributed by atoms with van der Waals surface area (Å²) in [6.07, 6.45) is 0.568. The molecule has 0 fully saturated rings. The van der Waals surface area contributed by atoms with Gasteiger partial charge in [-0.25, -0.2) is 5.01 Å². The van der Waals surface area contributed by atoms with E-state index in [9.17, 15) is 14.9 Å². The van der Waals surface area contributed by atoms with Gasteiger partial charge >= 0.3 is 0 Å². The average molecular weight is 388 g/mol. The van der Waals surface area contributed by atoms with E-state index in [1.165, 1.54) is 24.1 Å². The van der Waals surface area contributed by atoms with Crippen LogP contribution in [0.5, 0.6) is 0 Å². The number of nitrogens with zero attached hydrogens (tertiary/aromatic N) is 3. The number of carbonyl (C=O) groups is 1. The van der Waals surface area contributed by atoms with Crippen LogP contribution in [0.1, 0.15) is 30.5 Å². The van der Waals surface area contributed by atoms with Gasteiger partial charge in [0, 0.05) is 30.0 Å². The summed E-state index contributed by atoms with van der Waals surface area (Å²) in [5.74, 6) is -0.162. The van der Waals surface area contributed by atoms with Gasteiger partial charge in [0.2, 0.25) is 5.91 Å². The molecule has 1 amide bonds. The SMILES string of the molecule is CC(=O)N1N=C(c2ccc(Br)cc2)C[C@H]1c1ccc([N+](=O)[O-])cc1. The Balaban J connectivity index is 1.90. The van der Waals surface area contributed by atoms with Gasteiger partial charge < -0.3 is 0 Å². The number of nitro groups is 1. The number of nitro benzene ring substituents is 1. The van der Waals surface area contributed by atoms with Gasteiger partial charge in [-0.3, -0.25) is 14.9 Å². The van der Waals surface area contributed by atoms with Crippen molar-refractivity contribution in [1.29, 1.82) is 0 Å². The first-order valence-electron chi connectivity index (χ1n) is 7.33. The average Bonchev–Trinajstić information content (AvgIpc) is 3.01. The van der Waals surface area contributed by atoms with Gasteiger partial charge in [0.25, 0.3) is 5.69 Å². The zero-order chi connectivity index (χ0) is 17.3. The fourth-order valence-electron chi connectivity index (χ4n) is 2.70. The van der Waals surface area contributed by atoms with E-state index in [4.69, 9.17) is 0 Å². The van der Waals surface area contributed by atoms with Gasteiger partial charge in [-0.15, -0.1) is 0 Å². The number of halogens is 1. The zero-order valence-electron chi connectivity index (χ0n) is 12.8. The highest BCUT2D eigenvalue weighted by molar-refractivity contribution is 9.10. The summed E-state index contributed by atoms with van der Waals surface area (Å²) in [6, 6.07) is 13.7. The second kappa shape index (κ2) is 6.52. The molecule has 0 aliphatic carbocycles. The predicted octanol–water partition coefficient (Wildman–Crippen LogP) is 4.05. The second-order valence-electron chi connectivity index (χ2n) is 5.49. The highest BCUT2D eigenvalue weighted by Crippen LogP contribution is 2.33. The van der Waals surface area contributed by atoms with Crippen LogP contribution in [0, 0.1) is 10.1 Å². The fourth-order valence-corrected chi connectivity index (χ4v) is 2.96. The molecule has 1 heterocycles. The number of hydrazone groups is 1. The summed E-state index contributed by atoms with van der Waals surface area (Å²) < 4.78 is 0.972. The zero-order valence-corrected chi connectivity index (χ0v) is 14.4. The molecule has 1 aliphatic heterocycles. The third kappa shape index (κ3) is 3.21. The van der Waals surface area contributed by atoms with Crippen molar-refractivity contribution in [1.82, 2.24) is 5.01 Å². The quantitative estimate of drug-likeness (QED) is 0.588. The van der Waals surface area contributed by atoms with E-state index >= 15 is 0 Å². The van der Waals surface area contributed by atoms with Crippen molar-refractivity contribution in [3.8, 4) is 0 Å². The molecular weight excluding hydrogens is 374 g/mol. The molecule has 1 atom stereocenters. The van der Waals surface area contributed by atoms with Crippen LogP contribution in [0.3, 0.4) is 0 Å². The molecule has 0 saturated heterocycles. The maximum atomic E-state index is 11.9. The van der Waals surface area contributed by atoms with Crippen molar-refractivity contribution < 1.29 is 9.72 Å². The Morgan fingerprint density at radius 1 is 1.21 bits per heavy atom. The van der Waals surface area contributed by atoms with Crippen LogP contribution in [0.25, 0.3) is 0 Å². The molecule has 6 nitrogen and oxygen atoms in total. The Bertz CT molecular complexity index is 816. The van der Waals surface area contributed by atoms with Crippen LogP contribution in [-0.2, 0) is 4.79 Å². The second-order valence-corrected chi connectivity index (χ2v) is 6.40. The van der Waals surface area contributed by atoms with Gasteiger partial charge in [-0.05, 0) is 23.3 Å². The number of amides is 1. The number of hydrogen-bond acceptors (Lipinski definition) is 4. The molecular formula is C17H14BrN3O3. The normalized spacial score (nSPS) is 16.8. The Morgan fingerprint density at radius 2 is 1.83 bits per heavy atom. The first-order chi connectivity index (χ1) is 11.5. The monoisotopic (exact) mass is 387 g/mol. The third-order valence-corrected chi connectivity index (χ3v) is 4.43. The molecule has 24 heavy (non-hydrogen) atoms. The summed E-state index contributed by atoms with van der Waals surface area (Å²) in [5.41, 5.74) is 2.63. The van der Waals surface area contributed by atoms with Gasteiger partial charge in [-0.2, -0.15) is 5.10 Å². The van der Waals surface area contributed by atoms with Crippen molar-refractivity contribution >= 4 is 33.2 Å². The summed E-state index contributed by atoms with van der Waals surface area (Å²) >= 11 is 3.40. The lowest BCUT2D eigenvalue weighted by atomic mass is 9.98. The highest BCUT2D eigenvalue weighted by atomic mass is 79.9. The van der Waals surface area contributed by atoms with Crippen LogP contribution in [0.4, 0.5) is 5.69 Å². The van der Waals surface area contributed by atoms with Crippen molar-refractivity contribution in [2.75, 3.05) is 0 Å². The van der Waals surface area contributed by atoms with Gasteiger partial charge in [0.1, 0.15) is 0 Å². The summed E-state index contributed by atoms with van der Waals surface area (Å²) in [4.78, 5) is 22.3. The van der Waals surface area contributed by atoms with E-state index < -0.39 is 4.92 Å². The first-order valence-corrected chi connectivity index (χ1v) is 8.12. The molecule has 0 saturated carbocycles. The molecule has 7 heteroatoms. The molecule has 1 aliphatic rings. The molecule has 0 spiro atoms. The lowest BCUT2D eigenvalue weighted by molar-refractivity contribution is -0.384. The standard InChI is InChI=1S/C17H14BrN3O3/c1-11(22)20-17(13-4-8-15(9-5-13)21(23)24)10-16(19-20)12-2-6-14(18)7-3-12/h2-9,17H,10H2,1H3/t17-/m0/s1. The van der Waals surface area contributed by atoms with Crippen molar-refractivity contribution in [2.45, 2.75) is 19.4 Å². The Kier molecular flexibility index (Phi) is 4.44. The summed E-state index contributed by atoms with van der Waals surface area (Å²) in [5, 5.41) is 16.7. The molecule has 0 radical (unpaired) electrons. The molecule has 0 unspecified atom stereocenters. The maximum Gasteiger partial charge on any atom is 0.269 e. The smallest absolute Gasteiger partial charge is 0.269 e. The lowest BCUT2D eigenvalue weighted by Crippen LogP contribution is -2.24. The van der Waals surface area contributed by atoms with Gasteiger partial charge in [-0.1, -0.05) is 40.2 Å². The minimum Gasteiger partial charge on any atom is -0.273 e. The molecule has 0 N–H and O–H groups in total. The van der Waals surface area contributed by atoms with E-state index in [1.54, 1.807) is 12.1 Å². The maximum absolute atomic E-state index is 11.9. The van der Waals surface area contributed by atoms with Crippen LogP contribution in [0.15, 0.2) is 58.1 Å². The van der Waals surface area contributed by atoms with Crippen LogP contribution in [0.2, 0.25) is 0 Å². The molecule has 0 aromatic heterocycles. The lowest BCUT2D eigenvalue weighted by Gasteiger charge is -2.20. The summed E-state index contributed by atoms with van der Waals surface area (Å²) in [6.45, 7) is 1.46. The van der Waals surface area contributed by atoms with Crippen molar-refractivity contribution in [3.63, 3.8) is 0 Å². The van der Waals surface area contributed by atoms with E-state index in [0.29, 0.717) is 6.42 Å². The minimum absolute atomic E-state index is 0.0279. The minimum atomic E-state index is -0.440. The number of benzene rings is 2. The molecule has 3 rings (SSSR count). The predicted molar refractivity (Wildman–Crippen MR) is 93.7 cm³/mol. The Labute approximate surface area is 147 Å². The molecule has 122 valence electrons. The van der Waals surface area contributed by atoms with Crippen LogP contribution < -0.4 is 0 Å². The van der Waals surface area contributed by atoms with E-state index in [2.05, 4.69) is 21.0 Å². The summed E-state index contributed by atoms with van der Waals surface area (Å²) in [7, 11) is 0. The van der Waals surface area contributed by atoms with Crippen molar-refractivity contribution in [3.05, 3.63) is 74.2 Å². The first kappa shape index (κ1) is 16.3. The van der Waals surface area contributed by atoms with Crippen LogP contribution >= 0.6 is 15.9 Å². The fraction of sp³-hybridized carbons (Fsp3) is 0.176. The number of carbonyl (C=O) groups excluding carboxylic acids is 1. The third-order valence-electron chi connectivity index (χ3n) is 3.90. The highest BCUT2D eigenvalue weighted by Gasteiger charge is 2.31. The van der Waals surface area contributed by atoms with E-state index in [1.807, 2.05) is 24.3 Å². The number of hydrogen-bond donors (Lipinski definition) is 0. The topological polar surface area (TPSA) is 75.8 Å². The molecule has 2 aromatic carbocycles. The molecule has 0 bridgehead atoms. The largest absolute Gasteiger partial charge is 0.273 e. The van der Waals surface area contributed by atoms with E-state index in [0.717, 1.165) is 21.3 Å². The van der Waals surface area contributed by atoms with Crippen LogP contribution in [-0.4, -0.2) is 21.6 Å². The Hall–Kier alpha value is -2.54. The van der Waals surface area contributed by atoms with Gasteiger partial charge in [0.15, 0.2) is 0 Å². The Morgan fingerprint density at radius 3 is 2.38 bits per heavy atom. The van der Waals surface area contributed by atoms with Crippen molar-refractivity contribution in [2.24, 2.45) is 5.10 Å². The number of rotatable bonds is 3. The van der Waals surface area contributed by atoms with E-state index in [-0.39, 0.29) is 17.6 Å². The molecule has 2 aromatic rings.